The highest BCUT2D eigenvalue weighted by atomic mass is 32.1. The van der Waals surface area contributed by atoms with E-state index in [2.05, 4.69) is 0 Å². The number of hydrogen-bond donors (Lipinski definition) is 1. The largest absolute Gasteiger partial charge is 0.393 e. The third-order valence-corrected chi connectivity index (χ3v) is 3.88. The van der Waals surface area contributed by atoms with Gasteiger partial charge in [0, 0.05) is 38.3 Å². The first-order chi connectivity index (χ1) is 8.23. The monoisotopic (exact) mass is 278 g/mol. The summed E-state index contributed by atoms with van der Waals surface area (Å²) in [5.41, 5.74) is 5.49. The van der Waals surface area contributed by atoms with E-state index in [1.807, 2.05) is 6.92 Å². The highest BCUT2D eigenvalue weighted by molar-refractivity contribution is 7.80. The van der Waals surface area contributed by atoms with Crippen molar-refractivity contribution in [2.45, 2.75) is 38.5 Å². The molecule has 3 nitrogen and oxygen atoms in total. The predicted octanol–water partition coefficient (Wildman–Crippen LogP) is 2.19. The maximum absolute atomic E-state index is 13.0. The molecule has 2 N–H and O–H groups in total. The number of carbonyl (C=O) groups excluding carboxylic acids is 1. The summed E-state index contributed by atoms with van der Waals surface area (Å²) in [6, 6.07) is 0. The van der Waals surface area contributed by atoms with Gasteiger partial charge in [-0.2, -0.15) is 0 Å². The average molecular weight is 278 g/mol. The fraction of sp³-hybridized carbons (Fsp3) is 0.833. The van der Waals surface area contributed by atoms with E-state index >= 15 is 0 Å². The van der Waals surface area contributed by atoms with Crippen LogP contribution in [0.4, 0.5) is 8.78 Å². The Bertz CT molecular complexity index is 326. The van der Waals surface area contributed by atoms with Crippen molar-refractivity contribution < 1.29 is 13.6 Å². The summed E-state index contributed by atoms with van der Waals surface area (Å²) in [6.07, 6.45) is 0.138. The number of amides is 1. The zero-order chi connectivity index (χ0) is 13.9. The fourth-order valence-corrected chi connectivity index (χ4v) is 2.26. The molecule has 0 spiro atoms. The van der Waals surface area contributed by atoms with Crippen molar-refractivity contribution in [2.24, 2.45) is 17.6 Å². The minimum atomic E-state index is -2.60. The number of thiocarbonyl (C=S) groups is 1. The van der Waals surface area contributed by atoms with Crippen molar-refractivity contribution in [3.63, 3.8) is 0 Å². The second-order valence-corrected chi connectivity index (χ2v) is 5.62. The Kier molecular flexibility index (Phi) is 5.01. The molecule has 1 fully saturated rings. The summed E-state index contributed by atoms with van der Waals surface area (Å²) in [5, 5.41) is 0. The van der Waals surface area contributed by atoms with E-state index in [1.54, 1.807) is 11.9 Å². The Morgan fingerprint density at radius 2 is 2.00 bits per heavy atom. The van der Waals surface area contributed by atoms with Crippen molar-refractivity contribution in [3.05, 3.63) is 0 Å². The first-order valence-corrected chi connectivity index (χ1v) is 6.56. The van der Waals surface area contributed by atoms with Crippen LogP contribution in [-0.4, -0.2) is 35.3 Å². The smallest absolute Gasteiger partial charge is 0.248 e. The maximum atomic E-state index is 13.0. The number of rotatable bonds is 4. The molecule has 1 aliphatic carbocycles. The van der Waals surface area contributed by atoms with Gasteiger partial charge >= 0.3 is 0 Å². The number of alkyl halides is 2. The number of nitrogens with zero attached hydrogens (tertiary/aromatic N) is 1. The second kappa shape index (κ2) is 5.91. The van der Waals surface area contributed by atoms with Gasteiger partial charge in [-0.05, 0) is 12.8 Å². The molecule has 1 amide bonds. The Morgan fingerprint density at radius 3 is 2.44 bits per heavy atom. The van der Waals surface area contributed by atoms with Crippen LogP contribution in [0.2, 0.25) is 0 Å². The van der Waals surface area contributed by atoms with E-state index in [-0.39, 0.29) is 43.4 Å². The van der Waals surface area contributed by atoms with Crippen LogP contribution in [0.25, 0.3) is 0 Å². The van der Waals surface area contributed by atoms with E-state index in [1.165, 1.54) is 0 Å². The Labute approximate surface area is 112 Å². The molecule has 0 saturated heterocycles. The van der Waals surface area contributed by atoms with Crippen LogP contribution < -0.4 is 5.73 Å². The van der Waals surface area contributed by atoms with Gasteiger partial charge in [-0.3, -0.25) is 4.79 Å². The lowest BCUT2D eigenvalue weighted by Gasteiger charge is -2.31. The number of nitrogens with two attached hydrogens (primary N) is 1. The van der Waals surface area contributed by atoms with Gasteiger partial charge in [0.25, 0.3) is 0 Å². The number of halogens is 2. The number of hydrogen-bond acceptors (Lipinski definition) is 2. The Balaban J connectivity index is 2.47. The molecule has 1 unspecified atom stereocenters. The third kappa shape index (κ3) is 4.15. The quantitative estimate of drug-likeness (QED) is 0.802. The van der Waals surface area contributed by atoms with Crippen LogP contribution in [0.15, 0.2) is 0 Å². The van der Waals surface area contributed by atoms with Gasteiger partial charge < -0.3 is 10.6 Å². The molecule has 0 aromatic rings. The average Bonchev–Trinajstić information content (AvgIpc) is 2.27. The maximum Gasteiger partial charge on any atom is 0.248 e. The van der Waals surface area contributed by atoms with Gasteiger partial charge in [-0.1, -0.05) is 19.1 Å². The minimum absolute atomic E-state index is 0.0565. The molecule has 0 heterocycles. The first-order valence-electron chi connectivity index (χ1n) is 6.15. The molecule has 1 saturated carbocycles. The Morgan fingerprint density at radius 1 is 1.50 bits per heavy atom. The molecule has 0 aromatic carbocycles. The number of carbonyl (C=O) groups is 1. The highest BCUT2D eigenvalue weighted by Gasteiger charge is 2.38. The van der Waals surface area contributed by atoms with Gasteiger partial charge in [0.1, 0.15) is 0 Å². The van der Waals surface area contributed by atoms with Crippen molar-refractivity contribution in [1.82, 2.24) is 4.90 Å². The lowest BCUT2D eigenvalue weighted by atomic mass is 9.86. The molecule has 0 aromatic heterocycles. The summed E-state index contributed by atoms with van der Waals surface area (Å²) < 4.78 is 26.0. The Hall–Kier alpha value is -0.780. The second-order valence-electron chi connectivity index (χ2n) is 5.15. The zero-order valence-electron chi connectivity index (χ0n) is 10.8. The zero-order valence-corrected chi connectivity index (χ0v) is 11.6. The van der Waals surface area contributed by atoms with E-state index in [0.717, 1.165) is 0 Å². The van der Waals surface area contributed by atoms with Gasteiger partial charge in [0.15, 0.2) is 0 Å². The normalized spacial score (nSPS) is 21.3. The minimum Gasteiger partial charge on any atom is -0.393 e. The molecule has 0 radical (unpaired) electrons. The van der Waals surface area contributed by atoms with E-state index < -0.39 is 5.92 Å². The molecule has 6 heteroatoms. The van der Waals surface area contributed by atoms with Crippen LogP contribution >= 0.6 is 12.2 Å². The lowest BCUT2D eigenvalue weighted by molar-refractivity contribution is -0.138. The summed E-state index contributed by atoms with van der Waals surface area (Å²) >= 11 is 4.85. The van der Waals surface area contributed by atoms with Crippen molar-refractivity contribution in [3.8, 4) is 0 Å². The van der Waals surface area contributed by atoms with E-state index in [9.17, 15) is 13.6 Å². The molecule has 18 heavy (non-hydrogen) atoms. The molecule has 104 valence electrons. The topological polar surface area (TPSA) is 46.3 Å². The van der Waals surface area contributed by atoms with Crippen LogP contribution in [0.1, 0.15) is 32.6 Å². The fourth-order valence-electron chi connectivity index (χ4n) is 2.19. The molecule has 0 aliphatic heterocycles. The molecule has 1 atom stereocenters. The van der Waals surface area contributed by atoms with Crippen molar-refractivity contribution in [1.29, 1.82) is 0 Å². The lowest BCUT2D eigenvalue weighted by Crippen LogP contribution is -2.40. The van der Waals surface area contributed by atoms with Gasteiger partial charge in [-0.15, -0.1) is 0 Å². The molecule has 0 bridgehead atoms. The summed E-state index contributed by atoms with van der Waals surface area (Å²) in [7, 11) is 1.67. The van der Waals surface area contributed by atoms with Crippen molar-refractivity contribution in [2.75, 3.05) is 13.6 Å². The van der Waals surface area contributed by atoms with Gasteiger partial charge in [0.2, 0.25) is 11.8 Å². The van der Waals surface area contributed by atoms with Gasteiger partial charge in [-0.25, -0.2) is 8.78 Å². The van der Waals surface area contributed by atoms with Crippen molar-refractivity contribution >= 4 is 23.1 Å². The molecule has 1 aliphatic rings. The van der Waals surface area contributed by atoms with Crippen LogP contribution in [0, 0.1) is 11.8 Å². The predicted molar refractivity (Wildman–Crippen MR) is 70.5 cm³/mol. The first kappa shape index (κ1) is 15.3. The molecular formula is C12H20F2N2OS. The summed E-state index contributed by atoms with van der Waals surface area (Å²) in [6.45, 7) is 2.29. The standard InChI is InChI=1S/C12H20F2N2OS/c1-8(10(15)18)7-16(2)11(17)9-3-5-12(13,14)6-4-9/h8-9H,3-7H2,1-2H3,(H2,15,18). The van der Waals surface area contributed by atoms with E-state index in [4.69, 9.17) is 18.0 Å². The third-order valence-electron chi connectivity index (χ3n) is 3.48. The molecule has 1 rings (SSSR count). The molecular weight excluding hydrogens is 258 g/mol. The van der Waals surface area contributed by atoms with Gasteiger partial charge in [0.05, 0.1) is 4.99 Å². The highest BCUT2D eigenvalue weighted by Crippen LogP contribution is 2.36. The summed E-state index contributed by atoms with van der Waals surface area (Å²) in [4.78, 5) is 14.0. The summed E-state index contributed by atoms with van der Waals surface area (Å²) in [5.74, 6) is -3.01. The van der Waals surface area contributed by atoms with Crippen LogP contribution in [-0.2, 0) is 4.79 Å². The van der Waals surface area contributed by atoms with Crippen LogP contribution in [0.5, 0.6) is 0 Å². The van der Waals surface area contributed by atoms with E-state index in [0.29, 0.717) is 11.5 Å². The SMILES string of the molecule is CC(CN(C)C(=O)C1CCC(F)(F)CC1)C(N)=S. The van der Waals surface area contributed by atoms with Crippen LogP contribution in [0.3, 0.4) is 0 Å².